The molecule has 0 aliphatic rings. The fourth-order valence-electron chi connectivity index (χ4n) is 2.27. The van der Waals surface area contributed by atoms with E-state index < -0.39 is 0 Å². The van der Waals surface area contributed by atoms with E-state index in [-0.39, 0.29) is 0 Å². The summed E-state index contributed by atoms with van der Waals surface area (Å²) in [5.74, 6) is 1.59. The summed E-state index contributed by atoms with van der Waals surface area (Å²) in [6, 6.07) is 0. The average Bonchev–Trinajstić information content (AvgIpc) is 2.78. The van der Waals surface area contributed by atoms with Gasteiger partial charge in [0.1, 0.15) is 0 Å². The van der Waals surface area contributed by atoms with Crippen molar-refractivity contribution in [3.05, 3.63) is 11.9 Å². The number of hydrogen-bond donors (Lipinski definition) is 0. The van der Waals surface area contributed by atoms with Crippen molar-refractivity contribution in [2.45, 2.75) is 79.2 Å². The molecule has 0 atom stereocenters. The van der Waals surface area contributed by atoms with Crippen LogP contribution < -0.4 is 0 Å². The van der Waals surface area contributed by atoms with Crippen molar-refractivity contribution < 1.29 is 0 Å². The molecule has 0 saturated carbocycles. The Hall–Kier alpha value is -0.860. The van der Waals surface area contributed by atoms with E-state index >= 15 is 0 Å². The van der Waals surface area contributed by atoms with Crippen LogP contribution in [0.5, 0.6) is 0 Å². The van der Waals surface area contributed by atoms with Crippen molar-refractivity contribution in [1.29, 1.82) is 0 Å². The van der Waals surface area contributed by atoms with Gasteiger partial charge in [-0.1, -0.05) is 58.6 Å². The Balaban J connectivity index is 2.17. The second-order valence-electron chi connectivity index (χ2n) is 6.48. The van der Waals surface area contributed by atoms with Crippen LogP contribution in [0.15, 0.2) is 6.20 Å². The summed E-state index contributed by atoms with van der Waals surface area (Å²) in [6.45, 7) is 10.2. The topological polar surface area (TPSA) is 30.7 Å². The third-order valence-electron chi connectivity index (χ3n) is 3.58. The van der Waals surface area contributed by atoms with E-state index in [9.17, 15) is 0 Å². The molecular formula is C16H31N3. The smallest absolute Gasteiger partial charge is 0.0725 e. The molecule has 0 N–H and O–H groups in total. The summed E-state index contributed by atoms with van der Waals surface area (Å²) in [4.78, 5) is 0. The number of unbranched alkanes of at least 4 members (excludes halogenated alkanes) is 3. The van der Waals surface area contributed by atoms with Crippen molar-refractivity contribution in [3.8, 4) is 0 Å². The highest BCUT2D eigenvalue weighted by Crippen LogP contribution is 2.11. The Morgan fingerprint density at radius 2 is 1.63 bits per heavy atom. The van der Waals surface area contributed by atoms with E-state index in [0.29, 0.717) is 0 Å². The maximum atomic E-state index is 4.21. The van der Waals surface area contributed by atoms with Gasteiger partial charge in [0.2, 0.25) is 0 Å². The van der Waals surface area contributed by atoms with Crippen LogP contribution in [0, 0.1) is 11.8 Å². The molecule has 3 heteroatoms. The van der Waals surface area contributed by atoms with Crippen LogP contribution in [-0.4, -0.2) is 15.0 Å². The molecule has 1 aromatic rings. The second kappa shape index (κ2) is 9.11. The standard InChI is InChI=1S/C16H31N3/c1-14(2)9-7-5-6-8-12-19-16(13-17-18-19)11-10-15(3)4/h13-15H,5-12H2,1-4H3. The number of rotatable bonds is 10. The first kappa shape index (κ1) is 16.2. The van der Waals surface area contributed by atoms with Crippen LogP contribution in [-0.2, 0) is 13.0 Å². The summed E-state index contributed by atoms with van der Waals surface area (Å²) in [6.07, 6.45) is 10.9. The molecule has 3 nitrogen and oxygen atoms in total. The van der Waals surface area contributed by atoms with Gasteiger partial charge in [0.15, 0.2) is 0 Å². The minimum atomic E-state index is 0.749. The van der Waals surface area contributed by atoms with E-state index in [1.165, 1.54) is 44.2 Å². The summed E-state index contributed by atoms with van der Waals surface area (Å²) in [5.41, 5.74) is 1.30. The average molecular weight is 265 g/mol. The van der Waals surface area contributed by atoms with Crippen molar-refractivity contribution >= 4 is 0 Å². The fraction of sp³-hybridized carbons (Fsp3) is 0.875. The largest absolute Gasteiger partial charge is 0.249 e. The zero-order valence-corrected chi connectivity index (χ0v) is 13.2. The molecule has 0 fully saturated rings. The lowest BCUT2D eigenvalue weighted by Crippen LogP contribution is -2.06. The SMILES string of the molecule is CC(C)CCCCCCn1nncc1CCC(C)C. The Morgan fingerprint density at radius 1 is 0.947 bits per heavy atom. The highest BCUT2D eigenvalue weighted by atomic mass is 15.4. The van der Waals surface area contributed by atoms with Crippen molar-refractivity contribution in [3.63, 3.8) is 0 Å². The Bertz CT molecular complexity index is 328. The zero-order valence-electron chi connectivity index (χ0n) is 13.2. The molecule has 0 aromatic carbocycles. The van der Waals surface area contributed by atoms with E-state index in [4.69, 9.17) is 0 Å². The van der Waals surface area contributed by atoms with Crippen LogP contribution in [0.25, 0.3) is 0 Å². The predicted molar refractivity (Wildman–Crippen MR) is 81.1 cm³/mol. The highest BCUT2D eigenvalue weighted by Gasteiger charge is 2.05. The normalized spacial score (nSPS) is 11.7. The monoisotopic (exact) mass is 265 g/mol. The number of hydrogen-bond acceptors (Lipinski definition) is 2. The minimum Gasteiger partial charge on any atom is -0.249 e. The van der Waals surface area contributed by atoms with E-state index in [0.717, 1.165) is 24.8 Å². The van der Waals surface area contributed by atoms with Crippen molar-refractivity contribution in [2.75, 3.05) is 0 Å². The number of nitrogens with zero attached hydrogens (tertiary/aromatic N) is 3. The van der Waals surface area contributed by atoms with Gasteiger partial charge in [-0.25, -0.2) is 4.68 Å². The molecule has 0 unspecified atom stereocenters. The van der Waals surface area contributed by atoms with Gasteiger partial charge in [-0.15, -0.1) is 5.10 Å². The number of aryl methyl sites for hydroxylation is 2. The third-order valence-corrected chi connectivity index (χ3v) is 3.58. The van der Waals surface area contributed by atoms with E-state index in [1.54, 1.807) is 0 Å². The van der Waals surface area contributed by atoms with Crippen LogP contribution in [0.4, 0.5) is 0 Å². The molecular weight excluding hydrogens is 234 g/mol. The van der Waals surface area contributed by atoms with Gasteiger partial charge in [0.05, 0.1) is 11.9 Å². The lowest BCUT2D eigenvalue weighted by molar-refractivity contribution is 0.475. The van der Waals surface area contributed by atoms with Crippen molar-refractivity contribution in [2.24, 2.45) is 11.8 Å². The maximum Gasteiger partial charge on any atom is 0.0725 e. The van der Waals surface area contributed by atoms with Gasteiger partial charge in [-0.2, -0.15) is 0 Å². The van der Waals surface area contributed by atoms with Crippen LogP contribution in [0.2, 0.25) is 0 Å². The summed E-state index contributed by atoms with van der Waals surface area (Å²) < 4.78 is 2.10. The molecule has 1 aromatic heterocycles. The first-order valence-corrected chi connectivity index (χ1v) is 7.97. The maximum absolute atomic E-state index is 4.21. The van der Waals surface area contributed by atoms with Crippen LogP contribution >= 0.6 is 0 Å². The Kier molecular flexibility index (Phi) is 7.76. The van der Waals surface area contributed by atoms with Gasteiger partial charge >= 0.3 is 0 Å². The lowest BCUT2D eigenvalue weighted by Gasteiger charge is -2.08. The quantitative estimate of drug-likeness (QED) is 0.584. The minimum absolute atomic E-state index is 0.749. The first-order chi connectivity index (χ1) is 9.09. The first-order valence-electron chi connectivity index (χ1n) is 7.97. The second-order valence-corrected chi connectivity index (χ2v) is 6.48. The number of aromatic nitrogens is 3. The van der Waals surface area contributed by atoms with E-state index in [1.807, 2.05) is 6.20 Å². The van der Waals surface area contributed by atoms with Gasteiger partial charge < -0.3 is 0 Å². The van der Waals surface area contributed by atoms with Gasteiger partial charge in [0.25, 0.3) is 0 Å². The molecule has 0 aliphatic heterocycles. The third kappa shape index (κ3) is 7.34. The summed E-state index contributed by atoms with van der Waals surface area (Å²) in [5, 5.41) is 8.26. The zero-order chi connectivity index (χ0) is 14.1. The summed E-state index contributed by atoms with van der Waals surface area (Å²) in [7, 11) is 0. The lowest BCUT2D eigenvalue weighted by atomic mass is 10.0. The molecule has 1 heterocycles. The molecule has 0 spiro atoms. The Labute approximate surface area is 118 Å². The fourth-order valence-corrected chi connectivity index (χ4v) is 2.27. The van der Waals surface area contributed by atoms with Crippen molar-refractivity contribution in [1.82, 2.24) is 15.0 Å². The van der Waals surface area contributed by atoms with Gasteiger partial charge in [-0.3, -0.25) is 0 Å². The molecule has 0 saturated heterocycles. The Morgan fingerprint density at radius 3 is 2.32 bits per heavy atom. The molecule has 0 bridgehead atoms. The predicted octanol–water partition coefficient (Wildman–Crippen LogP) is 4.47. The molecule has 19 heavy (non-hydrogen) atoms. The van der Waals surface area contributed by atoms with Gasteiger partial charge in [0, 0.05) is 6.54 Å². The molecule has 110 valence electrons. The molecule has 0 aliphatic carbocycles. The van der Waals surface area contributed by atoms with Crippen LogP contribution in [0.1, 0.15) is 71.9 Å². The van der Waals surface area contributed by atoms with Crippen LogP contribution in [0.3, 0.4) is 0 Å². The van der Waals surface area contributed by atoms with E-state index in [2.05, 4.69) is 42.7 Å². The molecule has 1 rings (SSSR count). The summed E-state index contributed by atoms with van der Waals surface area (Å²) >= 11 is 0. The highest BCUT2D eigenvalue weighted by molar-refractivity contribution is 4.94. The van der Waals surface area contributed by atoms with Gasteiger partial charge in [-0.05, 0) is 31.1 Å². The molecule has 0 amide bonds. The molecule has 0 radical (unpaired) electrons.